The quantitative estimate of drug-likeness (QED) is 0.417. The Morgan fingerprint density at radius 3 is 2.12 bits per heavy atom. The van der Waals surface area contributed by atoms with Gasteiger partial charge in [-0.25, -0.2) is 0 Å². The van der Waals surface area contributed by atoms with Crippen molar-refractivity contribution in [3.8, 4) is 0 Å². The van der Waals surface area contributed by atoms with Gasteiger partial charge in [-0.05, 0) is 56.0 Å². The van der Waals surface area contributed by atoms with Gasteiger partial charge in [0.1, 0.15) is 0 Å². The molecule has 0 amide bonds. The van der Waals surface area contributed by atoms with Crippen molar-refractivity contribution in [2.75, 3.05) is 0 Å². The van der Waals surface area contributed by atoms with Crippen LogP contribution in [0.25, 0.3) is 30.9 Å². The molecule has 26 heavy (non-hydrogen) atoms. The normalized spacial score (nSPS) is 19.0. The summed E-state index contributed by atoms with van der Waals surface area (Å²) in [6.45, 7) is 8.41. The van der Waals surface area contributed by atoms with E-state index in [0.29, 0.717) is 0 Å². The van der Waals surface area contributed by atoms with Crippen molar-refractivity contribution < 1.29 is 9.31 Å². The molecule has 0 spiro atoms. The van der Waals surface area contributed by atoms with E-state index < -0.39 is 0 Å². The van der Waals surface area contributed by atoms with Crippen LogP contribution in [0.5, 0.6) is 0 Å². The standard InChI is InChI=1S/C22H21BO2S/c1-21(2)22(3,4)25-23(24-21)18-11-7-10-16-17-12-14-8-5-6-9-15(14)13-19(17)26-20(16)18/h5-13H,1-4H3. The lowest BCUT2D eigenvalue weighted by Gasteiger charge is -2.32. The van der Waals surface area contributed by atoms with Crippen molar-refractivity contribution in [1.82, 2.24) is 0 Å². The topological polar surface area (TPSA) is 18.5 Å². The predicted molar refractivity (Wildman–Crippen MR) is 113 cm³/mol. The maximum absolute atomic E-state index is 6.32. The molecule has 0 saturated carbocycles. The predicted octanol–water partition coefficient (Wildman–Crippen LogP) is 5.51. The van der Waals surface area contributed by atoms with Gasteiger partial charge in [-0.2, -0.15) is 0 Å². The first-order chi connectivity index (χ1) is 12.4. The molecular weight excluding hydrogens is 339 g/mol. The fourth-order valence-corrected chi connectivity index (χ4v) is 4.92. The Kier molecular flexibility index (Phi) is 3.34. The summed E-state index contributed by atoms with van der Waals surface area (Å²) in [5.74, 6) is 0. The summed E-state index contributed by atoms with van der Waals surface area (Å²) in [6.07, 6.45) is 0. The fraction of sp³-hybridized carbons (Fsp3) is 0.273. The molecule has 2 nitrogen and oxygen atoms in total. The average Bonchev–Trinajstić information content (AvgIpc) is 3.06. The second-order valence-electron chi connectivity index (χ2n) is 8.11. The van der Waals surface area contributed by atoms with Gasteiger partial charge in [0.05, 0.1) is 11.2 Å². The maximum atomic E-state index is 6.32. The number of rotatable bonds is 1. The van der Waals surface area contributed by atoms with Gasteiger partial charge in [0.15, 0.2) is 0 Å². The van der Waals surface area contributed by atoms with E-state index in [9.17, 15) is 0 Å². The summed E-state index contributed by atoms with van der Waals surface area (Å²) in [5.41, 5.74) is 0.475. The van der Waals surface area contributed by atoms with E-state index in [1.807, 2.05) is 11.3 Å². The Labute approximate surface area is 157 Å². The molecule has 0 bridgehead atoms. The van der Waals surface area contributed by atoms with E-state index >= 15 is 0 Å². The average molecular weight is 360 g/mol. The number of thiophene rings is 1. The highest BCUT2D eigenvalue weighted by Gasteiger charge is 2.52. The molecule has 1 aliphatic heterocycles. The zero-order valence-corrected chi connectivity index (χ0v) is 16.3. The molecule has 2 heterocycles. The summed E-state index contributed by atoms with van der Waals surface area (Å²) in [7, 11) is -0.328. The first kappa shape index (κ1) is 16.3. The van der Waals surface area contributed by atoms with E-state index in [1.54, 1.807) is 0 Å². The van der Waals surface area contributed by atoms with Gasteiger partial charge in [0.2, 0.25) is 0 Å². The highest BCUT2D eigenvalue weighted by Crippen LogP contribution is 2.39. The van der Waals surface area contributed by atoms with Crippen LogP contribution in [0.3, 0.4) is 0 Å². The van der Waals surface area contributed by atoms with Crippen LogP contribution in [-0.2, 0) is 9.31 Å². The van der Waals surface area contributed by atoms with Crippen molar-refractivity contribution in [2.45, 2.75) is 38.9 Å². The molecule has 0 unspecified atom stereocenters. The minimum Gasteiger partial charge on any atom is -0.399 e. The first-order valence-electron chi connectivity index (χ1n) is 9.05. The molecule has 4 aromatic rings. The van der Waals surface area contributed by atoms with Gasteiger partial charge in [-0.1, -0.05) is 42.5 Å². The Morgan fingerprint density at radius 2 is 1.42 bits per heavy atom. The Morgan fingerprint density at radius 1 is 0.769 bits per heavy atom. The van der Waals surface area contributed by atoms with Crippen LogP contribution in [0.4, 0.5) is 0 Å². The van der Waals surface area contributed by atoms with Gasteiger partial charge >= 0.3 is 7.12 Å². The Balaban J connectivity index is 1.74. The molecule has 1 fully saturated rings. The smallest absolute Gasteiger partial charge is 0.399 e. The molecule has 0 aliphatic carbocycles. The number of benzene rings is 3. The highest BCUT2D eigenvalue weighted by atomic mass is 32.1. The van der Waals surface area contributed by atoms with E-state index in [4.69, 9.17) is 9.31 Å². The largest absolute Gasteiger partial charge is 0.496 e. The molecule has 3 aromatic carbocycles. The SMILES string of the molecule is CC1(C)OB(c2cccc3c2sc2cc4ccccc4cc23)OC1(C)C. The van der Waals surface area contributed by atoms with Crippen LogP contribution in [0, 0.1) is 0 Å². The van der Waals surface area contributed by atoms with Gasteiger partial charge in [0.25, 0.3) is 0 Å². The van der Waals surface area contributed by atoms with Gasteiger partial charge in [-0.3, -0.25) is 0 Å². The van der Waals surface area contributed by atoms with Crippen LogP contribution in [-0.4, -0.2) is 18.3 Å². The van der Waals surface area contributed by atoms with Gasteiger partial charge in [0, 0.05) is 20.2 Å². The lowest BCUT2D eigenvalue weighted by atomic mass is 9.78. The van der Waals surface area contributed by atoms with Crippen LogP contribution in [0.15, 0.2) is 54.6 Å². The molecule has 5 rings (SSSR count). The second kappa shape index (κ2) is 5.32. The van der Waals surface area contributed by atoms with E-state index in [1.165, 1.54) is 30.9 Å². The molecule has 0 atom stereocenters. The third-order valence-corrected chi connectivity index (χ3v) is 7.12. The lowest BCUT2D eigenvalue weighted by Crippen LogP contribution is -2.41. The Bertz CT molecular complexity index is 1140. The third-order valence-electron chi connectivity index (χ3n) is 5.90. The highest BCUT2D eigenvalue weighted by molar-refractivity contribution is 7.27. The van der Waals surface area contributed by atoms with E-state index in [0.717, 1.165) is 5.46 Å². The van der Waals surface area contributed by atoms with Gasteiger partial charge < -0.3 is 9.31 Å². The molecular formula is C22H21BO2S. The minimum atomic E-state index is -0.328. The summed E-state index contributed by atoms with van der Waals surface area (Å²) in [6, 6.07) is 19.6. The summed E-state index contributed by atoms with van der Waals surface area (Å²) < 4.78 is 15.2. The monoisotopic (exact) mass is 360 g/mol. The first-order valence-corrected chi connectivity index (χ1v) is 9.87. The summed E-state index contributed by atoms with van der Waals surface area (Å²) >= 11 is 1.83. The molecule has 1 aliphatic rings. The number of hydrogen-bond donors (Lipinski definition) is 0. The zero-order chi connectivity index (χ0) is 18.1. The maximum Gasteiger partial charge on any atom is 0.496 e. The minimum absolute atomic E-state index is 0.328. The number of fused-ring (bicyclic) bond motifs is 4. The van der Waals surface area contributed by atoms with Gasteiger partial charge in [-0.15, -0.1) is 11.3 Å². The Hall–Kier alpha value is -1.88. The lowest BCUT2D eigenvalue weighted by molar-refractivity contribution is 0.00578. The van der Waals surface area contributed by atoms with Crippen molar-refractivity contribution in [3.05, 3.63) is 54.6 Å². The van der Waals surface area contributed by atoms with Crippen molar-refractivity contribution >= 4 is 54.9 Å². The molecule has 0 radical (unpaired) electrons. The van der Waals surface area contributed by atoms with Crippen LogP contribution in [0.2, 0.25) is 0 Å². The molecule has 4 heteroatoms. The summed E-state index contributed by atoms with van der Waals surface area (Å²) in [4.78, 5) is 0. The van der Waals surface area contributed by atoms with E-state index in [-0.39, 0.29) is 18.3 Å². The molecule has 1 saturated heterocycles. The fourth-order valence-electron chi connectivity index (χ4n) is 3.66. The van der Waals surface area contributed by atoms with Crippen molar-refractivity contribution in [1.29, 1.82) is 0 Å². The molecule has 0 N–H and O–H groups in total. The second-order valence-corrected chi connectivity index (χ2v) is 9.16. The van der Waals surface area contributed by atoms with Crippen molar-refractivity contribution in [3.63, 3.8) is 0 Å². The third kappa shape index (κ3) is 2.26. The summed E-state index contributed by atoms with van der Waals surface area (Å²) in [5, 5.41) is 5.15. The number of hydrogen-bond acceptors (Lipinski definition) is 3. The zero-order valence-electron chi connectivity index (χ0n) is 15.5. The van der Waals surface area contributed by atoms with E-state index in [2.05, 4.69) is 82.3 Å². The molecule has 1 aromatic heterocycles. The van der Waals surface area contributed by atoms with Crippen molar-refractivity contribution in [2.24, 2.45) is 0 Å². The van der Waals surface area contributed by atoms with Crippen LogP contribution in [0.1, 0.15) is 27.7 Å². The molecule has 130 valence electrons. The van der Waals surface area contributed by atoms with Crippen LogP contribution >= 0.6 is 11.3 Å². The van der Waals surface area contributed by atoms with Crippen LogP contribution < -0.4 is 5.46 Å².